The molecule has 1 fully saturated rings. The second-order valence-electron chi connectivity index (χ2n) is 3.82. The molecule has 14 heavy (non-hydrogen) atoms. The lowest BCUT2D eigenvalue weighted by molar-refractivity contribution is -0.120. The van der Waals surface area contributed by atoms with Gasteiger partial charge in [-0.25, -0.2) is 0 Å². The predicted molar refractivity (Wildman–Crippen MR) is 63.0 cm³/mol. The number of thioether (sulfide) groups is 1. The standard InChI is InChI=1S/C10H18ClNOS/c1-14-5-4-10(13)12-7-8-2-3-9(11)6-8/h8-9H,2-7H2,1H3,(H,12,13). The molecule has 0 aromatic heterocycles. The van der Waals surface area contributed by atoms with Crippen LogP contribution in [0.1, 0.15) is 25.7 Å². The van der Waals surface area contributed by atoms with Gasteiger partial charge in [-0.3, -0.25) is 4.79 Å². The van der Waals surface area contributed by atoms with E-state index in [1.807, 2.05) is 6.26 Å². The van der Waals surface area contributed by atoms with Crippen molar-refractivity contribution in [2.75, 3.05) is 18.6 Å². The average Bonchev–Trinajstić information content (AvgIpc) is 2.58. The smallest absolute Gasteiger partial charge is 0.220 e. The van der Waals surface area contributed by atoms with Gasteiger partial charge >= 0.3 is 0 Å². The Morgan fingerprint density at radius 1 is 1.57 bits per heavy atom. The summed E-state index contributed by atoms with van der Waals surface area (Å²) in [6, 6.07) is 0. The second kappa shape index (κ2) is 6.57. The van der Waals surface area contributed by atoms with Crippen molar-refractivity contribution in [3.63, 3.8) is 0 Å². The number of rotatable bonds is 5. The van der Waals surface area contributed by atoms with Gasteiger partial charge in [0.15, 0.2) is 0 Å². The maximum atomic E-state index is 11.3. The Bertz CT molecular complexity index is 189. The maximum absolute atomic E-state index is 11.3. The summed E-state index contributed by atoms with van der Waals surface area (Å²) in [6.45, 7) is 0.816. The van der Waals surface area contributed by atoms with Gasteiger partial charge < -0.3 is 5.32 Å². The summed E-state index contributed by atoms with van der Waals surface area (Å²) in [5.74, 6) is 1.70. The van der Waals surface area contributed by atoms with Gasteiger partial charge in [0.05, 0.1) is 0 Å². The molecule has 2 unspecified atom stereocenters. The van der Waals surface area contributed by atoms with E-state index in [2.05, 4.69) is 5.32 Å². The largest absolute Gasteiger partial charge is 0.356 e. The topological polar surface area (TPSA) is 29.1 Å². The van der Waals surface area contributed by atoms with Gasteiger partial charge in [-0.05, 0) is 31.4 Å². The zero-order valence-corrected chi connectivity index (χ0v) is 10.2. The Labute approximate surface area is 95.2 Å². The molecule has 0 radical (unpaired) electrons. The van der Waals surface area contributed by atoms with Crippen molar-refractivity contribution in [2.24, 2.45) is 5.92 Å². The van der Waals surface area contributed by atoms with Gasteiger partial charge in [-0.2, -0.15) is 11.8 Å². The van der Waals surface area contributed by atoms with Crippen LogP contribution < -0.4 is 5.32 Å². The minimum absolute atomic E-state index is 0.178. The molecule has 1 aliphatic rings. The molecule has 1 amide bonds. The normalized spacial score (nSPS) is 26.4. The fourth-order valence-corrected chi connectivity index (χ4v) is 2.51. The number of amides is 1. The van der Waals surface area contributed by atoms with Crippen LogP contribution in [0.15, 0.2) is 0 Å². The van der Waals surface area contributed by atoms with Crippen LogP contribution in [-0.4, -0.2) is 29.8 Å². The Morgan fingerprint density at radius 2 is 2.36 bits per heavy atom. The molecule has 0 spiro atoms. The maximum Gasteiger partial charge on any atom is 0.220 e. The van der Waals surface area contributed by atoms with Gasteiger partial charge in [-0.1, -0.05) is 0 Å². The van der Waals surface area contributed by atoms with Crippen LogP contribution >= 0.6 is 23.4 Å². The molecule has 82 valence electrons. The molecule has 1 saturated carbocycles. The molecule has 0 bridgehead atoms. The highest BCUT2D eigenvalue weighted by Gasteiger charge is 2.22. The van der Waals surface area contributed by atoms with Crippen LogP contribution in [0, 0.1) is 5.92 Å². The van der Waals surface area contributed by atoms with Crippen molar-refractivity contribution < 1.29 is 4.79 Å². The molecule has 2 atom stereocenters. The van der Waals surface area contributed by atoms with Crippen molar-refractivity contribution in [3.8, 4) is 0 Å². The lowest BCUT2D eigenvalue weighted by Gasteiger charge is -2.10. The quantitative estimate of drug-likeness (QED) is 0.741. The van der Waals surface area contributed by atoms with Crippen LogP contribution in [0.25, 0.3) is 0 Å². The molecule has 2 nitrogen and oxygen atoms in total. The van der Waals surface area contributed by atoms with E-state index in [0.717, 1.165) is 31.6 Å². The molecular weight excluding hydrogens is 218 g/mol. The van der Waals surface area contributed by atoms with Gasteiger partial charge in [0.1, 0.15) is 0 Å². The number of hydrogen-bond donors (Lipinski definition) is 1. The predicted octanol–water partition coefficient (Wildman–Crippen LogP) is 2.26. The first kappa shape index (κ1) is 12.2. The van der Waals surface area contributed by atoms with Crippen molar-refractivity contribution in [1.82, 2.24) is 5.32 Å². The highest BCUT2D eigenvalue weighted by Crippen LogP contribution is 2.28. The first-order valence-electron chi connectivity index (χ1n) is 5.12. The highest BCUT2D eigenvalue weighted by atomic mass is 35.5. The molecule has 4 heteroatoms. The highest BCUT2D eigenvalue weighted by molar-refractivity contribution is 7.98. The van der Waals surface area contributed by atoms with E-state index >= 15 is 0 Å². The number of carbonyl (C=O) groups excluding carboxylic acids is 1. The van der Waals surface area contributed by atoms with Crippen LogP contribution in [0.3, 0.4) is 0 Å². The van der Waals surface area contributed by atoms with Crippen molar-refractivity contribution >= 4 is 29.3 Å². The third-order valence-electron chi connectivity index (χ3n) is 2.60. The zero-order valence-electron chi connectivity index (χ0n) is 8.59. The zero-order chi connectivity index (χ0) is 10.4. The summed E-state index contributed by atoms with van der Waals surface area (Å²) in [7, 11) is 0. The van der Waals surface area contributed by atoms with Crippen LogP contribution in [-0.2, 0) is 4.79 Å². The summed E-state index contributed by atoms with van der Waals surface area (Å²) in [5.41, 5.74) is 0. The van der Waals surface area contributed by atoms with E-state index in [1.165, 1.54) is 0 Å². The van der Waals surface area contributed by atoms with Gasteiger partial charge in [0.2, 0.25) is 5.91 Å². The molecule has 0 aliphatic heterocycles. The van der Waals surface area contributed by atoms with E-state index < -0.39 is 0 Å². The number of alkyl halides is 1. The van der Waals surface area contributed by atoms with Gasteiger partial charge in [0.25, 0.3) is 0 Å². The average molecular weight is 236 g/mol. The molecule has 0 aromatic carbocycles. The minimum atomic E-state index is 0.178. The molecule has 1 N–H and O–H groups in total. The number of halogens is 1. The molecule has 1 rings (SSSR count). The van der Waals surface area contributed by atoms with Crippen LogP contribution in [0.2, 0.25) is 0 Å². The van der Waals surface area contributed by atoms with E-state index in [0.29, 0.717) is 17.7 Å². The van der Waals surface area contributed by atoms with E-state index in [4.69, 9.17) is 11.6 Å². The Balaban J connectivity index is 2.05. The fourth-order valence-electron chi connectivity index (χ4n) is 1.74. The fraction of sp³-hybridized carbons (Fsp3) is 0.900. The molecule has 0 saturated heterocycles. The first-order chi connectivity index (χ1) is 6.72. The summed E-state index contributed by atoms with van der Waals surface area (Å²) in [6.07, 6.45) is 5.98. The van der Waals surface area contributed by atoms with Crippen molar-refractivity contribution in [1.29, 1.82) is 0 Å². The summed E-state index contributed by atoms with van der Waals surface area (Å²) in [5, 5.41) is 3.31. The first-order valence-corrected chi connectivity index (χ1v) is 6.95. The number of carbonyl (C=O) groups is 1. The SMILES string of the molecule is CSCCC(=O)NCC1CCC(Cl)C1. The molecule has 0 heterocycles. The van der Waals surface area contributed by atoms with Crippen LogP contribution in [0.5, 0.6) is 0 Å². The van der Waals surface area contributed by atoms with E-state index in [1.54, 1.807) is 11.8 Å². The molecular formula is C10H18ClNOS. The Kier molecular flexibility index (Phi) is 5.71. The second-order valence-corrected chi connectivity index (χ2v) is 5.43. The number of hydrogen-bond acceptors (Lipinski definition) is 2. The summed E-state index contributed by atoms with van der Waals surface area (Å²) in [4.78, 5) is 11.3. The number of nitrogens with one attached hydrogen (secondary N) is 1. The Morgan fingerprint density at radius 3 is 2.93 bits per heavy atom. The lowest BCUT2D eigenvalue weighted by Crippen LogP contribution is -2.28. The third-order valence-corrected chi connectivity index (χ3v) is 3.61. The lowest BCUT2D eigenvalue weighted by atomic mass is 10.1. The van der Waals surface area contributed by atoms with Gasteiger partial charge in [0, 0.05) is 24.1 Å². The molecule has 1 aliphatic carbocycles. The third kappa shape index (κ3) is 4.56. The monoisotopic (exact) mass is 235 g/mol. The van der Waals surface area contributed by atoms with Crippen molar-refractivity contribution in [2.45, 2.75) is 31.1 Å². The summed E-state index contributed by atoms with van der Waals surface area (Å²) < 4.78 is 0. The Hall–Kier alpha value is 0.110. The van der Waals surface area contributed by atoms with E-state index in [9.17, 15) is 4.79 Å². The summed E-state index contributed by atoms with van der Waals surface area (Å²) >= 11 is 7.70. The minimum Gasteiger partial charge on any atom is -0.356 e. The molecule has 0 aromatic rings. The van der Waals surface area contributed by atoms with Crippen molar-refractivity contribution in [3.05, 3.63) is 0 Å². The van der Waals surface area contributed by atoms with Gasteiger partial charge in [-0.15, -0.1) is 11.6 Å². The van der Waals surface area contributed by atoms with E-state index in [-0.39, 0.29) is 5.91 Å². The van der Waals surface area contributed by atoms with Crippen LogP contribution in [0.4, 0.5) is 0 Å².